The number of anilines is 2. The standard InChI is InChI=1S/C15H14F3NO/c1-11-8-9-14(12(2)10-11)19(20-15(16,17)18)13-6-4-3-5-7-13/h3-10H,1-2H3. The van der Waals surface area contributed by atoms with Crippen LogP contribution in [-0.2, 0) is 4.84 Å². The lowest BCUT2D eigenvalue weighted by molar-refractivity contribution is -0.325. The quantitative estimate of drug-likeness (QED) is 0.742. The Morgan fingerprint density at radius 1 is 0.950 bits per heavy atom. The number of aryl methyl sites for hydroxylation is 2. The molecule has 0 spiro atoms. The average Bonchev–Trinajstić information content (AvgIpc) is 2.36. The van der Waals surface area contributed by atoms with Crippen LogP contribution in [0.1, 0.15) is 11.1 Å². The summed E-state index contributed by atoms with van der Waals surface area (Å²) in [7, 11) is 0. The average molecular weight is 281 g/mol. The molecule has 0 unspecified atom stereocenters. The molecule has 0 saturated heterocycles. The number of para-hydroxylation sites is 1. The van der Waals surface area contributed by atoms with E-state index in [4.69, 9.17) is 0 Å². The predicted molar refractivity (Wildman–Crippen MR) is 71.6 cm³/mol. The monoisotopic (exact) mass is 281 g/mol. The first-order chi connectivity index (χ1) is 9.37. The molecular weight excluding hydrogens is 267 g/mol. The van der Waals surface area contributed by atoms with E-state index in [0.29, 0.717) is 16.9 Å². The Hall–Kier alpha value is -2.01. The second-order valence-electron chi connectivity index (χ2n) is 4.46. The molecule has 2 aromatic carbocycles. The van der Waals surface area contributed by atoms with Gasteiger partial charge in [-0.1, -0.05) is 35.9 Å². The van der Waals surface area contributed by atoms with Gasteiger partial charge in [-0.05, 0) is 37.6 Å². The molecule has 0 heterocycles. The summed E-state index contributed by atoms with van der Waals surface area (Å²) in [4.78, 5) is 4.16. The van der Waals surface area contributed by atoms with Crippen LogP contribution >= 0.6 is 0 Å². The zero-order valence-electron chi connectivity index (χ0n) is 11.1. The van der Waals surface area contributed by atoms with Crippen LogP contribution < -0.4 is 5.06 Å². The first-order valence-corrected chi connectivity index (χ1v) is 6.05. The van der Waals surface area contributed by atoms with Gasteiger partial charge in [0.15, 0.2) is 0 Å². The largest absolute Gasteiger partial charge is 0.544 e. The molecule has 0 aliphatic heterocycles. The lowest BCUT2D eigenvalue weighted by Gasteiger charge is -2.26. The minimum Gasteiger partial charge on any atom is -0.213 e. The van der Waals surface area contributed by atoms with E-state index in [0.717, 1.165) is 10.6 Å². The fraction of sp³-hybridized carbons (Fsp3) is 0.200. The zero-order chi connectivity index (χ0) is 14.8. The number of benzene rings is 2. The maximum Gasteiger partial charge on any atom is 0.544 e. The molecule has 0 aliphatic rings. The van der Waals surface area contributed by atoms with Gasteiger partial charge in [0.2, 0.25) is 0 Å². The molecule has 0 aliphatic carbocycles. The highest BCUT2D eigenvalue weighted by Gasteiger charge is 2.34. The molecule has 2 rings (SSSR count). The smallest absolute Gasteiger partial charge is 0.213 e. The number of hydrogen-bond acceptors (Lipinski definition) is 2. The number of halogens is 3. The van der Waals surface area contributed by atoms with E-state index in [-0.39, 0.29) is 0 Å². The molecule has 0 bridgehead atoms. The SMILES string of the molecule is Cc1ccc(N(OC(F)(F)F)c2ccccc2)c(C)c1. The van der Waals surface area contributed by atoms with Gasteiger partial charge in [-0.25, -0.2) is 5.06 Å². The van der Waals surface area contributed by atoms with Crippen molar-refractivity contribution in [1.82, 2.24) is 0 Å². The van der Waals surface area contributed by atoms with Gasteiger partial charge in [0.1, 0.15) is 0 Å². The van der Waals surface area contributed by atoms with Gasteiger partial charge in [0.25, 0.3) is 0 Å². The van der Waals surface area contributed by atoms with Crippen LogP contribution in [0.2, 0.25) is 0 Å². The van der Waals surface area contributed by atoms with Crippen molar-refractivity contribution in [2.45, 2.75) is 20.2 Å². The normalized spacial score (nSPS) is 11.4. The summed E-state index contributed by atoms with van der Waals surface area (Å²) in [5.74, 6) is 0. The highest BCUT2D eigenvalue weighted by Crippen LogP contribution is 2.33. The van der Waals surface area contributed by atoms with Crippen molar-refractivity contribution in [1.29, 1.82) is 0 Å². The summed E-state index contributed by atoms with van der Waals surface area (Å²) >= 11 is 0. The second-order valence-corrected chi connectivity index (χ2v) is 4.46. The lowest BCUT2D eigenvalue weighted by atomic mass is 10.1. The second kappa shape index (κ2) is 5.54. The van der Waals surface area contributed by atoms with Crippen molar-refractivity contribution in [3.05, 3.63) is 59.7 Å². The number of alkyl halides is 3. The maximum atomic E-state index is 12.6. The molecule has 2 aromatic rings. The first kappa shape index (κ1) is 14.4. The minimum atomic E-state index is -4.76. The van der Waals surface area contributed by atoms with E-state index >= 15 is 0 Å². The van der Waals surface area contributed by atoms with Crippen molar-refractivity contribution < 1.29 is 18.0 Å². The number of hydrogen-bond donors (Lipinski definition) is 0. The predicted octanol–water partition coefficient (Wildman–Crippen LogP) is 4.89. The Balaban J connectivity index is 2.46. The van der Waals surface area contributed by atoms with Crippen molar-refractivity contribution in [3.8, 4) is 0 Å². The van der Waals surface area contributed by atoms with Crippen LogP contribution in [-0.4, -0.2) is 6.36 Å². The highest BCUT2D eigenvalue weighted by molar-refractivity contribution is 5.64. The third-order valence-electron chi connectivity index (χ3n) is 2.76. The fourth-order valence-corrected chi connectivity index (χ4v) is 1.94. The van der Waals surface area contributed by atoms with E-state index in [1.165, 1.54) is 0 Å². The molecule has 2 nitrogen and oxygen atoms in total. The van der Waals surface area contributed by atoms with Crippen LogP contribution in [0, 0.1) is 13.8 Å². The van der Waals surface area contributed by atoms with Crippen molar-refractivity contribution in [2.75, 3.05) is 5.06 Å². The summed E-state index contributed by atoms with van der Waals surface area (Å²) in [6.45, 7) is 3.63. The summed E-state index contributed by atoms with van der Waals surface area (Å²) in [5, 5.41) is 0.800. The molecule has 0 amide bonds. The fourth-order valence-electron chi connectivity index (χ4n) is 1.94. The van der Waals surface area contributed by atoms with Crippen LogP contribution in [0.3, 0.4) is 0 Å². The third kappa shape index (κ3) is 3.51. The molecule has 106 valence electrons. The Bertz CT molecular complexity index is 581. The van der Waals surface area contributed by atoms with Gasteiger partial charge in [-0.2, -0.15) is 4.84 Å². The molecular formula is C15H14F3NO. The Morgan fingerprint density at radius 3 is 2.15 bits per heavy atom. The van der Waals surface area contributed by atoms with Crippen molar-refractivity contribution in [2.24, 2.45) is 0 Å². The summed E-state index contributed by atoms with van der Waals surface area (Å²) in [6, 6.07) is 13.3. The number of nitrogens with zero attached hydrogens (tertiary/aromatic N) is 1. The zero-order valence-corrected chi connectivity index (χ0v) is 11.1. The van der Waals surface area contributed by atoms with Gasteiger partial charge in [-0.3, -0.25) is 0 Å². The molecule has 0 atom stereocenters. The molecule has 0 aromatic heterocycles. The molecule has 0 saturated carbocycles. The van der Waals surface area contributed by atoms with E-state index in [9.17, 15) is 13.2 Å². The van der Waals surface area contributed by atoms with E-state index in [1.807, 2.05) is 13.0 Å². The molecule has 5 heteroatoms. The van der Waals surface area contributed by atoms with Gasteiger partial charge < -0.3 is 0 Å². The topological polar surface area (TPSA) is 12.5 Å². The molecule has 0 N–H and O–H groups in total. The number of rotatable bonds is 3. The van der Waals surface area contributed by atoms with Crippen LogP contribution in [0.25, 0.3) is 0 Å². The Labute approximate surface area is 115 Å². The highest BCUT2D eigenvalue weighted by atomic mass is 19.4. The van der Waals surface area contributed by atoms with Gasteiger partial charge >= 0.3 is 6.36 Å². The molecule has 20 heavy (non-hydrogen) atoms. The van der Waals surface area contributed by atoms with E-state index < -0.39 is 6.36 Å². The van der Waals surface area contributed by atoms with Crippen LogP contribution in [0.5, 0.6) is 0 Å². The van der Waals surface area contributed by atoms with Crippen LogP contribution in [0.4, 0.5) is 24.5 Å². The van der Waals surface area contributed by atoms with Crippen molar-refractivity contribution >= 4 is 11.4 Å². The first-order valence-electron chi connectivity index (χ1n) is 6.05. The van der Waals surface area contributed by atoms with Crippen molar-refractivity contribution in [3.63, 3.8) is 0 Å². The molecule has 0 fully saturated rings. The maximum absolute atomic E-state index is 12.6. The Morgan fingerprint density at radius 2 is 1.60 bits per heavy atom. The van der Waals surface area contributed by atoms with E-state index in [1.54, 1.807) is 49.4 Å². The summed E-state index contributed by atoms with van der Waals surface area (Å²) in [6.07, 6.45) is -4.76. The van der Waals surface area contributed by atoms with E-state index in [2.05, 4.69) is 4.84 Å². The van der Waals surface area contributed by atoms with Gasteiger partial charge in [0, 0.05) is 0 Å². The van der Waals surface area contributed by atoms with Crippen LogP contribution in [0.15, 0.2) is 48.5 Å². The third-order valence-corrected chi connectivity index (χ3v) is 2.76. The summed E-state index contributed by atoms with van der Waals surface area (Å²) in [5.41, 5.74) is 2.36. The van der Waals surface area contributed by atoms with Gasteiger partial charge in [0.05, 0.1) is 11.4 Å². The van der Waals surface area contributed by atoms with Gasteiger partial charge in [-0.15, -0.1) is 13.2 Å². The summed E-state index contributed by atoms with van der Waals surface area (Å²) < 4.78 is 37.9. The minimum absolute atomic E-state index is 0.316. The molecule has 0 radical (unpaired) electrons. The lowest BCUT2D eigenvalue weighted by Crippen LogP contribution is -2.28. The Kier molecular flexibility index (Phi) is 3.99.